The van der Waals surface area contributed by atoms with Crippen LogP contribution in [0.1, 0.15) is 11.1 Å². The van der Waals surface area contributed by atoms with E-state index in [4.69, 9.17) is 14.6 Å². The number of amides is 2. The molecule has 3 rings (SSSR count). The van der Waals surface area contributed by atoms with Gasteiger partial charge in [0.15, 0.2) is 11.9 Å². The molecule has 0 aromatic heterocycles. The number of hydrogen-bond donors (Lipinski definition) is 10. The molecule has 2 aromatic rings. The summed E-state index contributed by atoms with van der Waals surface area (Å²) in [4.78, 5) is 25.0. The number of carbonyl (C=O) groups excluding carboxylic acids is 2. The van der Waals surface area contributed by atoms with Gasteiger partial charge < -0.3 is 61.0 Å². The number of aliphatic hydroxyl groups excluding tert-OH is 7. The molecule has 0 saturated carbocycles. The Morgan fingerprint density at radius 2 is 1.49 bits per heavy atom. The van der Waals surface area contributed by atoms with Crippen LogP contribution >= 0.6 is 0 Å². The van der Waals surface area contributed by atoms with Crippen LogP contribution in [0, 0.1) is 0 Å². The summed E-state index contributed by atoms with van der Waals surface area (Å²) in [6, 6.07) is 15.6. The molecule has 41 heavy (non-hydrogen) atoms. The Bertz CT molecular complexity index is 1110. The lowest BCUT2D eigenvalue weighted by molar-refractivity contribution is -0.311. The van der Waals surface area contributed by atoms with Gasteiger partial charge >= 0.3 is 6.09 Å². The van der Waals surface area contributed by atoms with Gasteiger partial charge in [0, 0.05) is 13.0 Å². The second kappa shape index (κ2) is 14.6. The maximum absolute atomic E-state index is 12.6. The average Bonchev–Trinajstić information content (AvgIpc) is 2.98. The highest BCUT2D eigenvalue weighted by Crippen LogP contribution is 2.31. The van der Waals surface area contributed by atoms with Crippen LogP contribution in [0.3, 0.4) is 0 Å². The normalized spacial score (nSPS) is 27.2. The third-order valence-electron chi connectivity index (χ3n) is 6.70. The van der Waals surface area contributed by atoms with Crippen molar-refractivity contribution in [2.45, 2.75) is 67.6 Å². The molecule has 1 fully saturated rings. The van der Waals surface area contributed by atoms with Crippen molar-refractivity contribution in [3.63, 3.8) is 0 Å². The van der Waals surface area contributed by atoms with Crippen molar-refractivity contribution in [2.75, 3.05) is 13.2 Å². The molecule has 2 amide bonds. The van der Waals surface area contributed by atoms with E-state index in [-0.39, 0.29) is 13.0 Å². The zero-order chi connectivity index (χ0) is 30.2. The lowest BCUT2D eigenvalue weighted by Gasteiger charge is -2.48. The monoisotopic (exact) mass is 580 g/mol. The van der Waals surface area contributed by atoms with E-state index in [0.717, 1.165) is 0 Å². The van der Waals surface area contributed by atoms with E-state index in [0.29, 0.717) is 11.1 Å². The number of hydrogen-bond acceptors (Lipinski definition) is 12. The topological polar surface area (TPSA) is 238 Å². The first-order chi connectivity index (χ1) is 19.5. The fourth-order valence-corrected chi connectivity index (χ4v) is 4.36. The molecule has 9 atom stereocenters. The summed E-state index contributed by atoms with van der Waals surface area (Å²) in [6.45, 7) is -1.65. The van der Waals surface area contributed by atoms with E-state index in [2.05, 4.69) is 10.6 Å². The van der Waals surface area contributed by atoms with Gasteiger partial charge in [-0.05, 0) is 11.1 Å². The first kappa shape index (κ1) is 32.3. The largest absolute Gasteiger partial charge is 0.445 e. The average molecular weight is 581 g/mol. The molecule has 0 spiro atoms. The van der Waals surface area contributed by atoms with Gasteiger partial charge in [0.1, 0.15) is 49.3 Å². The van der Waals surface area contributed by atoms with Crippen molar-refractivity contribution >= 4 is 12.0 Å². The van der Waals surface area contributed by atoms with E-state index in [1.807, 2.05) is 0 Å². The summed E-state index contributed by atoms with van der Waals surface area (Å²) in [5.41, 5.74) is 1.23. The Kier molecular flexibility index (Phi) is 11.5. The summed E-state index contributed by atoms with van der Waals surface area (Å²) in [5.74, 6) is -3.57. The maximum Gasteiger partial charge on any atom is 0.407 e. The summed E-state index contributed by atoms with van der Waals surface area (Å²) >= 11 is 0. The van der Waals surface area contributed by atoms with Crippen molar-refractivity contribution in [1.82, 2.24) is 10.6 Å². The molecule has 14 nitrogen and oxygen atoms in total. The summed E-state index contributed by atoms with van der Waals surface area (Å²) in [6.07, 6.45) is -14.6. The number of carbonyl (C=O) groups is 2. The first-order valence-electron chi connectivity index (χ1n) is 12.8. The molecular formula is C27H36N2O12. The zero-order valence-corrected chi connectivity index (χ0v) is 21.9. The highest BCUT2D eigenvalue weighted by Gasteiger charge is 2.54. The van der Waals surface area contributed by atoms with Crippen molar-refractivity contribution in [3.8, 4) is 0 Å². The predicted octanol–water partition coefficient (Wildman–Crippen LogP) is -3.11. The predicted molar refractivity (Wildman–Crippen MR) is 140 cm³/mol. The van der Waals surface area contributed by atoms with Crippen LogP contribution < -0.4 is 10.6 Å². The molecule has 1 aliphatic rings. The van der Waals surface area contributed by atoms with Gasteiger partial charge in [-0.15, -0.1) is 0 Å². The summed E-state index contributed by atoms with van der Waals surface area (Å²) in [7, 11) is 0. The summed E-state index contributed by atoms with van der Waals surface area (Å²) < 4.78 is 10.9. The standard InChI is InChI=1S/C27H36N2O12/c30-13-17(31)19(32)21(34)23(36)25(37)28-12-18-20(33)22(35)24(27(39,41-18)11-15-7-3-1-4-8-15)29-26(38)40-14-16-9-5-2-6-10-16/h1-10,17-24,30-36,39H,11-14H2,(H,28,37)(H,29,38)/t17-,18-,19-,20-,21+,22+,23-,24-,27+/m1/s1. The Balaban J connectivity index is 1.72. The van der Waals surface area contributed by atoms with E-state index in [1.165, 1.54) is 0 Å². The van der Waals surface area contributed by atoms with Crippen LogP contribution in [-0.2, 0) is 27.3 Å². The molecule has 0 bridgehead atoms. The fraction of sp³-hybridized carbons (Fsp3) is 0.481. The molecule has 10 N–H and O–H groups in total. The van der Waals surface area contributed by atoms with Gasteiger partial charge in [-0.1, -0.05) is 60.7 Å². The van der Waals surface area contributed by atoms with E-state index < -0.39 is 79.7 Å². The smallest absolute Gasteiger partial charge is 0.407 e. The third kappa shape index (κ3) is 8.42. The van der Waals surface area contributed by atoms with Crippen LogP contribution in [0.5, 0.6) is 0 Å². The SMILES string of the molecule is O=C(N[C@@H]1[C@@H](O)[C@H](O)[C@@H](CNC(=O)[C@H](O)[C@@H](O)[C@H](O)[C@H](O)CO)O[C@@]1(O)Cc1ccccc1)OCc1ccccc1. The quantitative estimate of drug-likeness (QED) is 0.120. The highest BCUT2D eigenvalue weighted by atomic mass is 16.6. The minimum atomic E-state index is -2.32. The molecule has 1 heterocycles. The molecule has 14 heteroatoms. The van der Waals surface area contributed by atoms with Crippen molar-refractivity contribution in [3.05, 3.63) is 71.8 Å². The number of rotatable bonds is 12. The minimum Gasteiger partial charge on any atom is -0.445 e. The zero-order valence-electron chi connectivity index (χ0n) is 21.9. The van der Waals surface area contributed by atoms with Crippen LogP contribution in [-0.4, -0.2) is 121 Å². The Hall–Kier alpha value is -3.18. The molecular weight excluding hydrogens is 544 g/mol. The van der Waals surface area contributed by atoms with Crippen LogP contribution in [0.25, 0.3) is 0 Å². The van der Waals surface area contributed by atoms with Crippen molar-refractivity contribution in [1.29, 1.82) is 0 Å². The maximum atomic E-state index is 12.6. The molecule has 0 aliphatic carbocycles. The Labute approximate surface area is 235 Å². The van der Waals surface area contributed by atoms with E-state index >= 15 is 0 Å². The van der Waals surface area contributed by atoms with E-state index in [9.17, 15) is 45.3 Å². The molecule has 0 unspecified atom stereocenters. The van der Waals surface area contributed by atoms with Gasteiger partial charge in [-0.3, -0.25) is 4.79 Å². The third-order valence-corrected chi connectivity index (χ3v) is 6.70. The first-order valence-corrected chi connectivity index (χ1v) is 12.8. The van der Waals surface area contributed by atoms with Gasteiger partial charge in [-0.25, -0.2) is 4.79 Å². The number of aliphatic hydroxyl groups is 8. The molecule has 2 aromatic carbocycles. The number of alkyl carbamates (subject to hydrolysis) is 1. The second-order valence-corrected chi connectivity index (χ2v) is 9.75. The van der Waals surface area contributed by atoms with Gasteiger partial charge in [-0.2, -0.15) is 0 Å². The molecule has 1 saturated heterocycles. The van der Waals surface area contributed by atoms with Gasteiger partial charge in [0.2, 0.25) is 0 Å². The lowest BCUT2D eigenvalue weighted by Crippen LogP contribution is -2.71. The summed E-state index contributed by atoms with van der Waals surface area (Å²) in [5, 5.41) is 85.8. The van der Waals surface area contributed by atoms with E-state index in [1.54, 1.807) is 60.7 Å². The van der Waals surface area contributed by atoms with Crippen LogP contribution in [0.4, 0.5) is 4.79 Å². The van der Waals surface area contributed by atoms with Gasteiger partial charge in [0.25, 0.3) is 5.91 Å². The number of nitrogens with one attached hydrogen (secondary N) is 2. The fourth-order valence-electron chi connectivity index (χ4n) is 4.36. The molecule has 0 radical (unpaired) electrons. The highest BCUT2D eigenvalue weighted by molar-refractivity contribution is 5.81. The van der Waals surface area contributed by atoms with Gasteiger partial charge in [0.05, 0.1) is 6.61 Å². The lowest BCUT2D eigenvalue weighted by atomic mass is 9.86. The Morgan fingerprint density at radius 3 is 2.07 bits per heavy atom. The van der Waals surface area contributed by atoms with Crippen LogP contribution in [0.2, 0.25) is 0 Å². The molecule has 226 valence electrons. The second-order valence-electron chi connectivity index (χ2n) is 9.75. The molecule has 1 aliphatic heterocycles. The van der Waals surface area contributed by atoms with Crippen molar-refractivity contribution < 1.29 is 59.9 Å². The number of benzene rings is 2. The number of ether oxygens (including phenoxy) is 2. The minimum absolute atomic E-state index is 0.108. The van der Waals surface area contributed by atoms with Crippen LogP contribution in [0.15, 0.2) is 60.7 Å². The van der Waals surface area contributed by atoms with Crippen molar-refractivity contribution in [2.24, 2.45) is 0 Å². The Morgan fingerprint density at radius 1 is 0.902 bits per heavy atom.